The number of fused-ring (bicyclic) bond motifs is 1. The summed E-state index contributed by atoms with van der Waals surface area (Å²) in [6.07, 6.45) is 6.33. The molecule has 3 aromatic rings. The lowest BCUT2D eigenvalue weighted by Crippen LogP contribution is -1.98. The second kappa shape index (κ2) is 4.21. The first-order valence-electron chi connectivity index (χ1n) is 5.13. The summed E-state index contributed by atoms with van der Waals surface area (Å²) in [6.45, 7) is 0.361. The summed E-state index contributed by atoms with van der Waals surface area (Å²) >= 11 is 0. The van der Waals surface area contributed by atoms with E-state index in [9.17, 15) is 0 Å². The molecule has 2 heterocycles. The van der Waals surface area contributed by atoms with Gasteiger partial charge in [-0.25, -0.2) is 4.98 Å². The SMILES string of the molecule is c1cc(OCc2cnccn2)c2ncoc2c1. The Hall–Kier alpha value is -2.43. The maximum atomic E-state index is 5.64. The van der Waals surface area contributed by atoms with Crippen molar-refractivity contribution in [3.05, 3.63) is 48.9 Å². The maximum Gasteiger partial charge on any atom is 0.182 e. The molecule has 0 saturated carbocycles. The average molecular weight is 227 g/mol. The summed E-state index contributed by atoms with van der Waals surface area (Å²) in [5, 5.41) is 0. The van der Waals surface area contributed by atoms with Crippen LogP contribution < -0.4 is 4.74 Å². The largest absolute Gasteiger partial charge is 0.485 e. The molecule has 0 amide bonds. The summed E-state index contributed by atoms with van der Waals surface area (Å²) in [7, 11) is 0. The standard InChI is InChI=1S/C12H9N3O2/c1-2-10(12-11(3-1)17-8-15-12)16-7-9-6-13-4-5-14-9/h1-6,8H,7H2. The molecule has 0 fully saturated rings. The highest BCUT2D eigenvalue weighted by Crippen LogP contribution is 2.24. The van der Waals surface area contributed by atoms with Crippen LogP contribution in [0.4, 0.5) is 0 Å². The molecule has 0 saturated heterocycles. The molecular weight excluding hydrogens is 218 g/mol. The Morgan fingerprint density at radius 2 is 2.18 bits per heavy atom. The Morgan fingerprint density at radius 1 is 1.18 bits per heavy atom. The van der Waals surface area contributed by atoms with Crippen LogP contribution in [0.5, 0.6) is 5.75 Å². The minimum atomic E-state index is 0.361. The van der Waals surface area contributed by atoms with Gasteiger partial charge in [-0.05, 0) is 12.1 Å². The van der Waals surface area contributed by atoms with Crippen LogP contribution in [-0.4, -0.2) is 15.0 Å². The molecule has 3 rings (SSSR count). The van der Waals surface area contributed by atoms with E-state index in [1.807, 2.05) is 18.2 Å². The molecule has 0 spiro atoms. The Bertz CT molecular complexity index is 622. The second-order valence-electron chi connectivity index (χ2n) is 3.44. The Kier molecular flexibility index (Phi) is 2.42. The number of aromatic nitrogens is 3. The molecule has 0 N–H and O–H groups in total. The normalized spacial score (nSPS) is 10.6. The van der Waals surface area contributed by atoms with Crippen LogP contribution in [0.25, 0.3) is 11.1 Å². The first kappa shape index (κ1) is 9.77. The van der Waals surface area contributed by atoms with Crippen molar-refractivity contribution in [1.82, 2.24) is 15.0 Å². The molecule has 0 radical (unpaired) electrons. The lowest BCUT2D eigenvalue weighted by Gasteiger charge is -2.04. The highest BCUT2D eigenvalue weighted by molar-refractivity contribution is 5.79. The van der Waals surface area contributed by atoms with E-state index in [0.29, 0.717) is 17.9 Å². The number of hydrogen-bond acceptors (Lipinski definition) is 5. The molecule has 2 aromatic heterocycles. The highest BCUT2D eigenvalue weighted by Gasteiger charge is 2.06. The molecule has 0 bridgehead atoms. The van der Waals surface area contributed by atoms with Gasteiger partial charge in [0.2, 0.25) is 0 Å². The fourth-order valence-corrected chi connectivity index (χ4v) is 1.53. The van der Waals surface area contributed by atoms with Gasteiger partial charge in [-0.2, -0.15) is 0 Å². The van der Waals surface area contributed by atoms with Crippen LogP contribution in [-0.2, 0) is 6.61 Å². The van der Waals surface area contributed by atoms with Crippen molar-refractivity contribution < 1.29 is 9.15 Å². The second-order valence-corrected chi connectivity index (χ2v) is 3.44. The highest BCUT2D eigenvalue weighted by atomic mass is 16.5. The van der Waals surface area contributed by atoms with Crippen molar-refractivity contribution in [3.8, 4) is 5.75 Å². The van der Waals surface area contributed by atoms with E-state index in [-0.39, 0.29) is 0 Å². The molecular formula is C12H9N3O2. The van der Waals surface area contributed by atoms with Gasteiger partial charge in [0, 0.05) is 12.4 Å². The number of hydrogen-bond donors (Lipinski definition) is 0. The molecule has 0 unspecified atom stereocenters. The number of nitrogens with zero attached hydrogens (tertiary/aromatic N) is 3. The zero-order valence-corrected chi connectivity index (χ0v) is 8.91. The minimum Gasteiger partial charge on any atom is -0.485 e. The van der Waals surface area contributed by atoms with Crippen molar-refractivity contribution in [2.24, 2.45) is 0 Å². The zero-order chi connectivity index (χ0) is 11.5. The van der Waals surface area contributed by atoms with Gasteiger partial charge in [-0.1, -0.05) is 6.07 Å². The molecule has 5 nitrogen and oxygen atoms in total. The van der Waals surface area contributed by atoms with Gasteiger partial charge in [0.1, 0.15) is 12.4 Å². The number of oxazole rings is 1. The average Bonchev–Trinajstić information content (AvgIpc) is 2.86. The van der Waals surface area contributed by atoms with Crippen LogP contribution in [0, 0.1) is 0 Å². The number of benzene rings is 1. The van der Waals surface area contributed by atoms with E-state index < -0.39 is 0 Å². The molecule has 0 aliphatic heterocycles. The van der Waals surface area contributed by atoms with Gasteiger partial charge in [0.25, 0.3) is 0 Å². The van der Waals surface area contributed by atoms with E-state index >= 15 is 0 Å². The van der Waals surface area contributed by atoms with Crippen molar-refractivity contribution in [2.75, 3.05) is 0 Å². The molecule has 84 valence electrons. The third-order valence-corrected chi connectivity index (χ3v) is 2.32. The van der Waals surface area contributed by atoms with Crippen molar-refractivity contribution in [1.29, 1.82) is 0 Å². The first-order valence-corrected chi connectivity index (χ1v) is 5.13. The van der Waals surface area contributed by atoms with E-state index in [1.54, 1.807) is 18.6 Å². The third kappa shape index (κ3) is 1.94. The molecule has 0 aliphatic carbocycles. The van der Waals surface area contributed by atoms with Crippen molar-refractivity contribution in [3.63, 3.8) is 0 Å². The fourth-order valence-electron chi connectivity index (χ4n) is 1.53. The maximum absolute atomic E-state index is 5.64. The molecule has 17 heavy (non-hydrogen) atoms. The first-order chi connectivity index (χ1) is 8.43. The number of para-hydroxylation sites is 1. The summed E-state index contributed by atoms with van der Waals surface area (Å²) in [5.74, 6) is 0.682. The van der Waals surface area contributed by atoms with Crippen LogP contribution >= 0.6 is 0 Å². The number of rotatable bonds is 3. The Morgan fingerprint density at radius 3 is 3.06 bits per heavy atom. The van der Waals surface area contributed by atoms with E-state index in [2.05, 4.69) is 15.0 Å². The molecule has 0 aliphatic rings. The van der Waals surface area contributed by atoms with Gasteiger partial charge < -0.3 is 9.15 Å². The summed E-state index contributed by atoms with van der Waals surface area (Å²) in [6, 6.07) is 5.55. The zero-order valence-electron chi connectivity index (χ0n) is 8.91. The molecule has 0 atom stereocenters. The van der Waals surface area contributed by atoms with E-state index in [0.717, 1.165) is 11.2 Å². The monoisotopic (exact) mass is 227 g/mol. The van der Waals surface area contributed by atoms with E-state index in [1.165, 1.54) is 6.39 Å². The molecule has 5 heteroatoms. The van der Waals surface area contributed by atoms with Crippen LogP contribution in [0.3, 0.4) is 0 Å². The molecule has 1 aromatic carbocycles. The lowest BCUT2D eigenvalue weighted by molar-refractivity contribution is 0.304. The third-order valence-electron chi connectivity index (χ3n) is 2.32. The van der Waals surface area contributed by atoms with E-state index in [4.69, 9.17) is 9.15 Å². The van der Waals surface area contributed by atoms with Crippen LogP contribution in [0.2, 0.25) is 0 Å². The van der Waals surface area contributed by atoms with Crippen molar-refractivity contribution in [2.45, 2.75) is 6.61 Å². The van der Waals surface area contributed by atoms with Gasteiger partial charge in [0.05, 0.1) is 11.9 Å². The summed E-state index contributed by atoms with van der Waals surface area (Å²) in [4.78, 5) is 12.2. The van der Waals surface area contributed by atoms with Crippen molar-refractivity contribution >= 4 is 11.1 Å². The van der Waals surface area contributed by atoms with Gasteiger partial charge in [0.15, 0.2) is 17.5 Å². The lowest BCUT2D eigenvalue weighted by atomic mass is 10.3. The van der Waals surface area contributed by atoms with Gasteiger partial charge in [-0.3, -0.25) is 9.97 Å². The summed E-state index contributed by atoms with van der Waals surface area (Å²) < 4.78 is 10.8. The topological polar surface area (TPSA) is 61.0 Å². The number of ether oxygens (including phenoxy) is 1. The smallest absolute Gasteiger partial charge is 0.182 e. The quantitative estimate of drug-likeness (QED) is 0.686. The predicted octanol–water partition coefficient (Wildman–Crippen LogP) is 2.20. The Labute approximate surface area is 97.1 Å². The predicted molar refractivity (Wildman–Crippen MR) is 60.4 cm³/mol. The van der Waals surface area contributed by atoms with Crippen LogP contribution in [0.15, 0.2) is 47.6 Å². The summed E-state index contributed by atoms with van der Waals surface area (Å²) in [5.41, 5.74) is 2.20. The Balaban J connectivity index is 1.84. The fraction of sp³-hybridized carbons (Fsp3) is 0.0833. The minimum absolute atomic E-state index is 0.361. The van der Waals surface area contributed by atoms with Gasteiger partial charge >= 0.3 is 0 Å². The van der Waals surface area contributed by atoms with Crippen LogP contribution in [0.1, 0.15) is 5.69 Å². The van der Waals surface area contributed by atoms with Gasteiger partial charge in [-0.15, -0.1) is 0 Å².